The SMILES string of the molecule is COc1ccccc1C1CCCC1Cl. The van der Waals surface area contributed by atoms with Gasteiger partial charge in [-0.1, -0.05) is 24.6 Å². The number of halogens is 1. The fourth-order valence-electron chi connectivity index (χ4n) is 2.24. The number of rotatable bonds is 2. The molecular weight excluding hydrogens is 196 g/mol. The number of methoxy groups -OCH3 is 1. The predicted molar refractivity (Wildman–Crippen MR) is 59.2 cm³/mol. The van der Waals surface area contributed by atoms with Crippen molar-refractivity contribution in [1.82, 2.24) is 0 Å². The Balaban J connectivity index is 2.30. The van der Waals surface area contributed by atoms with Crippen molar-refractivity contribution < 1.29 is 4.74 Å². The topological polar surface area (TPSA) is 9.23 Å². The molecule has 1 aliphatic carbocycles. The third-order valence-electron chi connectivity index (χ3n) is 2.97. The predicted octanol–water partition coefficient (Wildman–Crippen LogP) is 3.57. The van der Waals surface area contributed by atoms with Crippen LogP contribution in [-0.4, -0.2) is 12.5 Å². The summed E-state index contributed by atoms with van der Waals surface area (Å²) in [5.74, 6) is 1.46. The van der Waals surface area contributed by atoms with E-state index in [0.29, 0.717) is 5.92 Å². The van der Waals surface area contributed by atoms with E-state index in [9.17, 15) is 0 Å². The molecule has 1 fully saturated rings. The van der Waals surface area contributed by atoms with E-state index in [-0.39, 0.29) is 5.38 Å². The molecule has 0 bridgehead atoms. The average Bonchev–Trinajstić information content (AvgIpc) is 2.64. The minimum absolute atomic E-state index is 0.284. The normalized spacial score (nSPS) is 26.4. The third-order valence-corrected chi connectivity index (χ3v) is 3.49. The maximum atomic E-state index is 6.29. The van der Waals surface area contributed by atoms with Crippen LogP contribution in [0.25, 0.3) is 0 Å². The van der Waals surface area contributed by atoms with Gasteiger partial charge in [0.25, 0.3) is 0 Å². The monoisotopic (exact) mass is 210 g/mol. The molecule has 0 aliphatic heterocycles. The summed E-state index contributed by atoms with van der Waals surface area (Å²) in [4.78, 5) is 0. The molecule has 2 unspecified atom stereocenters. The fraction of sp³-hybridized carbons (Fsp3) is 0.500. The zero-order chi connectivity index (χ0) is 9.97. The molecule has 0 heterocycles. The molecule has 0 amide bonds. The van der Waals surface area contributed by atoms with Crippen LogP contribution in [0, 0.1) is 0 Å². The summed E-state index contributed by atoms with van der Waals surface area (Å²) in [5, 5.41) is 0.284. The number of ether oxygens (including phenoxy) is 1. The van der Waals surface area contributed by atoms with Crippen LogP contribution in [0.5, 0.6) is 5.75 Å². The van der Waals surface area contributed by atoms with Gasteiger partial charge >= 0.3 is 0 Å². The molecule has 0 saturated heterocycles. The van der Waals surface area contributed by atoms with Crippen LogP contribution in [0.1, 0.15) is 30.7 Å². The lowest BCUT2D eigenvalue weighted by Crippen LogP contribution is -2.06. The van der Waals surface area contributed by atoms with Gasteiger partial charge in [-0.05, 0) is 24.5 Å². The van der Waals surface area contributed by atoms with E-state index >= 15 is 0 Å². The molecule has 0 spiro atoms. The van der Waals surface area contributed by atoms with Crippen molar-refractivity contribution in [2.75, 3.05) is 7.11 Å². The van der Waals surface area contributed by atoms with Crippen molar-refractivity contribution in [3.8, 4) is 5.75 Å². The molecule has 2 heteroatoms. The number of benzene rings is 1. The average molecular weight is 211 g/mol. The Bertz CT molecular complexity index is 311. The molecule has 2 atom stereocenters. The Kier molecular flexibility index (Phi) is 2.97. The molecule has 14 heavy (non-hydrogen) atoms. The van der Waals surface area contributed by atoms with Crippen LogP contribution < -0.4 is 4.74 Å². The number of hydrogen-bond acceptors (Lipinski definition) is 1. The lowest BCUT2D eigenvalue weighted by atomic mass is 9.96. The molecular formula is C12H15ClO. The van der Waals surface area contributed by atoms with E-state index in [1.165, 1.54) is 18.4 Å². The highest BCUT2D eigenvalue weighted by molar-refractivity contribution is 6.21. The summed E-state index contributed by atoms with van der Waals surface area (Å²) >= 11 is 6.29. The Morgan fingerprint density at radius 3 is 2.71 bits per heavy atom. The van der Waals surface area contributed by atoms with E-state index in [0.717, 1.165) is 12.2 Å². The number of alkyl halides is 1. The minimum Gasteiger partial charge on any atom is -0.496 e. The highest BCUT2D eigenvalue weighted by Gasteiger charge is 2.28. The summed E-state index contributed by atoms with van der Waals surface area (Å²) < 4.78 is 5.35. The molecule has 0 aromatic heterocycles. The maximum absolute atomic E-state index is 6.29. The largest absolute Gasteiger partial charge is 0.496 e. The van der Waals surface area contributed by atoms with E-state index < -0.39 is 0 Å². The second-order valence-corrected chi connectivity index (χ2v) is 4.36. The van der Waals surface area contributed by atoms with E-state index in [4.69, 9.17) is 16.3 Å². The van der Waals surface area contributed by atoms with Crippen LogP contribution in [0.4, 0.5) is 0 Å². The fourth-order valence-corrected chi connectivity index (χ4v) is 2.65. The van der Waals surface area contributed by atoms with Gasteiger partial charge in [-0.3, -0.25) is 0 Å². The molecule has 1 saturated carbocycles. The number of para-hydroxylation sites is 1. The number of hydrogen-bond donors (Lipinski definition) is 0. The van der Waals surface area contributed by atoms with Crippen molar-refractivity contribution >= 4 is 11.6 Å². The van der Waals surface area contributed by atoms with Gasteiger partial charge in [0.05, 0.1) is 7.11 Å². The minimum atomic E-state index is 0.284. The van der Waals surface area contributed by atoms with Crippen LogP contribution >= 0.6 is 11.6 Å². The first-order valence-corrected chi connectivity index (χ1v) is 5.53. The summed E-state index contributed by atoms with van der Waals surface area (Å²) in [7, 11) is 1.72. The Morgan fingerprint density at radius 1 is 1.29 bits per heavy atom. The zero-order valence-electron chi connectivity index (χ0n) is 8.37. The van der Waals surface area contributed by atoms with Crippen molar-refractivity contribution in [3.05, 3.63) is 29.8 Å². The van der Waals surface area contributed by atoms with Gasteiger partial charge in [0.15, 0.2) is 0 Å². The van der Waals surface area contributed by atoms with Gasteiger partial charge < -0.3 is 4.74 Å². The highest BCUT2D eigenvalue weighted by atomic mass is 35.5. The van der Waals surface area contributed by atoms with Crippen molar-refractivity contribution in [2.24, 2.45) is 0 Å². The Morgan fingerprint density at radius 2 is 2.07 bits per heavy atom. The summed E-state index contributed by atoms with van der Waals surface area (Å²) in [6.07, 6.45) is 3.55. The Labute approximate surface area is 90.0 Å². The van der Waals surface area contributed by atoms with Crippen LogP contribution in [0.3, 0.4) is 0 Å². The first-order chi connectivity index (χ1) is 6.83. The van der Waals surface area contributed by atoms with E-state index in [1.54, 1.807) is 7.11 Å². The molecule has 1 aliphatic rings. The van der Waals surface area contributed by atoms with Crippen molar-refractivity contribution in [1.29, 1.82) is 0 Å². The molecule has 76 valence electrons. The smallest absolute Gasteiger partial charge is 0.122 e. The molecule has 1 aromatic carbocycles. The van der Waals surface area contributed by atoms with Crippen molar-refractivity contribution in [2.45, 2.75) is 30.6 Å². The van der Waals surface area contributed by atoms with Gasteiger partial charge in [0, 0.05) is 11.3 Å². The first-order valence-electron chi connectivity index (χ1n) is 5.10. The standard InChI is InChI=1S/C12H15ClO/c1-14-12-8-3-2-5-10(12)9-6-4-7-11(9)13/h2-3,5,8-9,11H,4,6-7H2,1H3. The van der Waals surface area contributed by atoms with Crippen molar-refractivity contribution in [3.63, 3.8) is 0 Å². The van der Waals surface area contributed by atoms with Gasteiger partial charge in [-0.2, -0.15) is 0 Å². The Hall–Kier alpha value is -0.690. The quantitative estimate of drug-likeness (QED) is 0.679. The zero-order valence-corrected chi connectivity index (χ0v) is 9.13. The molecule has 1 nitrogen and oxygen atoms in total. The van der Waals surface area contributed by atoms with Gasteiger partial charge in [-0.15, -0.1) is 11.6 Å². The summed E-state index contributed by atoms with van der Waals surface area (Å²) in [5.41, 5.74) is 1.27. The summed E-state index contributed by atoms with van der Waals surface area (Å²) in [6, 6.07) is 8.20. The molecule has 0 N–H and O–H groups in total. The lowest BCUT2D eigenvalue weighted by Gasteiger charge is -2.17. The molecule has 2 rings (SSSR count). The van der Waals surface area contributed by atoms with E-state index in [1.807, 2.05) is 12.1 Å². The van der Waals surface area contributed by atoms with Crippen LogP contribution in [-0.2, 0) is 0 Å². The molecule has 0 radical (unpaired) electrons. The van der Waals surface area contributed by atoms with Gasteiger partial charge in [0.1, 0.15) is 5.75 Å². The highest BCUT2D eigenvalue weighted by Crippen LogP contribution is 2.41. The summed E-state index contributed by atoms with van der Waals surface area (Å²) in [6.45, 7) is 0. The van der Waals surface area contributed by atoms with Gasteiger partial charge in [-0.25, -0.2) is 0 Å². The third kappa shape index (κ3) is 1.74. The second kappa shape index (κ2) is 4.22. The lowest BCUT2D eigenvalue weighted by molar-refractivity contribution is 0.405. The molecule has 1 aromatic rings. The van der Waals surface area contributed by atoms with Crippen LogP contribution in [0.15, 0.2) is 24.3 Å². The second-order valence-electron chi connectivity index (χ2n) is 3.80. The van der Waals surface area contributed by atoms with Gasteiger partial charge in [0.2, 0.25) is 0 Å². The maximum Gasteiger partial charge on any atom is 0.122 e. The first kappa shape index (κ1) is 9.85. The van der Waals surface area contributed by atoms with E-state index in [2.05, 4.69) is 12.1 Å². The van der Waals surface area contributed by atoms with Crippen LogP contribution in [0.2, 0.25) is 0 Å².